The number of hydrogen-bond acceptors (Lipinski definition) is 11. The zero-order valence-corrected chi connectivity index (χ0v) is 69.1. The minimum absolute atomic E-state index is 0.139. The van der Waals surface area contributed by atoms with Crippen LogP contribution in [0.4, 0.5) is 35.1 Å². The summed E-state index contributed by atoms with van der Waals surface area (Å²) in [5, 5.41) is 0. The van der Waals surface area contributed by atoms with Crippen molar-refractivity contribution in [3.05, 3.63) is 316 Å². The predicted octanol–water partition coefficient (Wildman–Crippen LogP) is 19.4. The Hall–Kier alpha value is -13.2. The van der Waals surface area contributed by atoms with Crippen LogP contribution in [0.5, 0.6) is 0 Å². The van der Waals surface area contributed by atoms with Gasteiger partial charge >= 0.3 is 0 Å². The van der Waals surface area contributed by atoms with E-state index >= 15 is 0 Å². The van der Waals surface area contributed by atoms with Crippen molar-refractivity contribution >= 4 is 0 Å². The lowest BCUT2D eigenvalue weighted by Crippen LogP contribution is -2.10. The number of imidazole rings is 10. The third-order valence-corrected chi connectivity index (χ3v) is 20.9. The Morgan fingerprint density at radius 3 is 1.00 bits per heavy atom. The monoisotopic (exact) mass is 1620 g/mol. The van der Waals surface area contributed by atoms with Gasteiger partial charge in [-0.05, 0) is 175 Å². The molecule has 11 heterocycles. The minimum atomic E-state index is -0.506. The number of hydrogen-bond donors (Lipinski definition) is 0. The minimum Gasteiger partial charge on any atom is -0.331 e. The highest BCUT2D eigenvalue weighted by Gasteiger charge is 2.23. The van der Waals surface area contributed by atoms with Gasteiger partial charge in [-0.25, -0.2) is 85.6 Å². The van der Waals surface area contributed by atoms with Crippen LogP contribution >= 0.6 is 0 Å². The summed E-state index contributed by atoms with van der Waals surface area (Å²) in [4.78, 5) is 48.5. The molecule has 119 heavy (non-hydrogen) atoms. The van der Waals surface area contributed by atoms with Crippen LogP contribution in [-0.2, 0) is 65.4 Å². The maximum absolute atomic E-state index is 14.2. The highest BCUT2D eigenvalue weighted by Crippen LogP contribution is 2.31. The Kier molecular flexibility index (Phi) is 27.4. The SMILES string of the molecule is CCCn1c(Cn2ccnc2-c2cc(F)ccc2F)nc(C)c1C.CCn1c(Cn2ccnc2-c2cc(F)ccc2F)nc(-c2ccccc2)c1C.CCn1c(Cn2ccnc2-c2cc(F)ccc2F)nc(C)c1C.CCn1c(Cn2ccnc2-c2cccc(F)c2)nc(C)c1C.CCn1c(Cn2ccnc2-c2cccc(F)n2)nc(C)c1C. The van der Waals surface area contributed by atoms with Crippen molar-refractivity contribution in [3.8, 4) is 68.3 Å². The van der Waals surface area contributed by atoms with Crippen molar-refractivity contribution in [2.75, 3.05) is 0 Å². The van der Waals surface area contributed by atoms with Gasteiger partial charge < -0.3 is 45.7 Å². The molecule has 0 N–H and O–H groups in total. The van der Waals surface area contributed by atoms with Gasteiger partial charge in [-0.15, -0.1) is 0 Å². The predicted molar refractivity (Wildman–Crippen MR) is 443 cm³/mol. The van der Waals surface area contributed by atoms with Gasteiger partial charge in [0.05, 0.1) is 77.9 Å². The standard InChI is InChI=1S/C22H20F2N4.C18H20F2N4.C17H18F2N4.C17H19FN4.C16H18FN5/c1-3-28-15(2)21(16-7-5-4-6-8-16)26-20(28)14-27-12-11-25-22(27)18-13-17(23)9-10-19(18)24;1-4-8-24-13(3)12(2)22-17(24)11-23-9-7-21-18(23)15-10-14(19)5-6-16(15)20;1-4-23-12(3)11(2)21-16(23)10-22-8-7-20-17(22)14-9-13(18)5-6-15(14)19;1-4-22-13(3)12(2)20-16(22)11-21-9-8-19-17(21)14-6-5-7-15(18)10-14;1-4-22-12(3)11(2)19-15(22)10-21-9-8-18-16(21)13-6-5-7-14(17)20-13/h4-13H,3,14H2,1-2H3;5-7,9-10H,4,8,11H2,1-3H3;5-9H,4,10H2,1-3H3;5-10H,4,11H2,1-3H3;5-9H,4,10H2,1-3H3. The molecule has 16 rings (SSSR count). The molecule has 0 aliphatic carbocycles. The third kappa shape index (κ3) is 19.4. The molecule has 0 radical (unpaired) electrons. The molecule has 0 aliphatic heterocycles. The van der Waals surface area contributed by atoms with E-state index in [1.807, 2.05) is 106 Å². The average molecular weight is 1620 g/mol. The molecule has 616 valence electrons. The first-order chi connectivity index (χ1) is 57.3. The van der Waals surface area contributed by atoms with Crippen LogP contribution in [0.3, 0.4) is 0 Å². The van der Waals surface area contributed by atoms with Crippen molar-refractivity contribution in [2.45, 2.75) is 169 Å². The fraction of sp³-hybridized carbons (Fsp3) is 0.278. The summed E-state index contributed by atoms with van der Waals surface area (Å²) >= 11 is 0. The van der Waals surface area contributed by atoms with E-state index in [0.29, 0.717) is 61.7 Å². The zero-order chi connectivity index (χ0) is 84.9. The quantitative estimate of drug-likeness (QED) is 0.0463. The van der Waals surface area contributed by atoms with Crippen LogP contribution < -0.4 is 0 Å². The van der Waals surface area contributed by atoms with E-state index in [1.165, 1.54) is 41.7 Å². The number of aryl methyl sites for hydroxylation is 4. The first-order valence-electron chi connectivity index (χ1n) is 39.3. The van der Waals surface area contributed by atoms with Crippen LogP contribution in [0, 0.1) is 109 Å². The molecule has 5 aromatic carbocycles. The van der Waals surface area contributed by atoms with Crippen molar-refractivity contribution in [3.63, 3.8) is 0 Å². The summed E-state index contributed by atoms with van der Waals surface area (Å²) in [7, 11) is 0. The number of rotatable bonds is 22. The highest BCUT2D eigenvalue weighted by molar-refractivity contribution is 5.63. The van der Waals surface area contributed by atoms with Gasteiger partial charge in [-0.2, -0.15) is 4.39 Å². The van der Waals surface area contributed by atoms with Gasteiger partial charge in [0.15, 0.2) is 5.82 Å². The van der Waals surface area contributed by atoms with Crippen molar-refractivity contribution in [1.29, 1.82) is 0 Å². The van der Waals surface area contributed by atoms with Crippen LogP contribution in [0.1, 0.15) is 121 Å². The van der Waals surface area contributed by atoms with E-state index in [1.54, 1.807) is 81.5 Å². The molecule has 0 saturated heterocycles. The summed E-state index contributed by atoms with van der Waals surface area (Å²) in [5.41, 5.74) is 13.4. The van der Waals surface area contributed by atoms with Gasteiger partial charge in [0.25, 0.3) is 0 Å². The van der Waals surface area contributed by atoms with E-state index in [9.17, 15) is 35.1 Å². The second kappa shape index (κ2) is 38.3. The molecular weight excluding hydrogens is 1530 g/mol. The molecule has 0 atom stereocenters. The molecule has 0 amide bonds. The maximum atomic E-state index is 14.2. The fourth-order valence-corrected chi connectivity index (χ4v) is 14.5. The number of nitrogens with zero attached hydrogens (tertiary/aromatic N) is 21. The molecule has 0 bridgehead atoms. The van der Waals surface area contributed by atoms with Gasteiger partial charge in [0, 0.05) is 134 Å². The molecule has 0 spiro atoms. The second-order valence-electron chi connectivity index (χ2n) is 28.4. The Morgan fingerprint density at radius 1 is 0.286 bits per heavy atom. The van der Waals surface area contributed by atoms with E-state index in [2.05, 4.69) is 121 Å². The second-order valence-corrected chi connectivity index (χ2v) is 28.4. The molecule has 0 fully saturated rings. The molecule has 29 heteroatoms. The van der Waals surface area contributed by atoms with E-state index < -0.39 is 40.9 Å². The summed E-state index contributed by atoms with van der Waals surface area (Å²) in [6, 6.07) is 31.4. The Bertz CT molecular complexity index is 6000. The van der Waals surface area contributed by atoms with Crippen LogP contribution in [0.2, 0.25) is 0 Å². The van der Waals surface area contributed by atoms with E-state index in [4.69, 9.17) is 4.98 Å². The van der Waals surface area contributed by atoms with Crippen LogP contribution in [0.25, 0.3) is 68.3 Å². The number of halogens is 8. The van der Waals surface area contributed by atoms with E-state index in [0.717, 1.165) is 173 Å². The maximum Gasteiger partial charge on any atom is 0.213 e. The van der Waals surface area contributed by atoms with Crippen molar-refractivity contribution in [2.24, 2.45) is 0 Å². The lowest BCUT2D eigenvalue weighted by atomic mass is 10.1. The molecule has 0 aliphatic rings. The zero-order valence-electron chi connectivity index (χ0n) is 69.1. The summed E-state index contributed by atoms with van der Waals surface area (Å²) in [5.74, 6) is 3.40. The van der Waals surface area contributed by atoms with Crippen LogP contribution in [0.15, 0.2) is 189 Å². The first kappa shape index (κ1) is 85.2. The lowest BCUT2D eigenvalue weighted by Gasteiger charge is -2.12. The first-order valence-corrected chi connectivity index (χ1v) is 39.3. The Labute approximate surface area is 685 Å². The van der Waals surface area contributed by atoms with E-state index in [-0.39, 0.29) is 22.5 Å². The van der Waals surface area contributed by atoms with Gasteiger partial charge in [0.1, 0.15) is 98.8 Å². The summed E-state index contributed by atoms with van der Waals surface area (Å²) in [6.45, 7) is 35.4. The molecule has 0 saturated carbocycles. The summed E-state index contributed by atoms with van der Waals surface area (Å²) in [6.07, 6.45) is 18.2. The summed E-state index contributed by atoms with van der Waals surface area (Å²) < 4.78 is 130. The molecule has 11 aromatic heterocycles. The van der Waals surface area contributed by atoms with Crippen LogP contribution in [-0.4, -0.2) is 100 Å². The highest BCUT2D eigenvalue weighted by atomic mass is 19.2. The van der Waals surface area contributed by atoms with Gasteiger partial charge in [-0.3, -0.25) is 0 Å². The van der Waals surface area contributed by atoms with Gasteiger partial charge in [0.2, 0.25) is 5.95 Å². The number of pyridine rings is 1. The normalized spacial score (nSPS) is 11.1. The fourth-order valence-electron chi connectivity index (χ4n) is 14.5. The average Bonchev–Trinajstić information content (AvgIpc) is 1.65. The number of benzene rings is 5. The van der Waals surface area contributed by atoms with Crippen molar-refractivity contribution in [1.82, 2.24) is 100 Å². The smallest absolute Gasteiger partial charge is 0.213 e. The molecular formula is C90H95F8N21. The molecule has 21 nitrogen and oxygen atoms in total. The van der Waals surface area contributed by atoms with Crippen molar-refractivity contribution < 1.29 is 35.1 Å². The third-order valence-electron chi connectivity index (χ3n) is 20.9. The topological polar surface area (TPSA) is 191 Å². The largest absolute Gasteiger partial charge is 0.331 e. The Balaban J connectivity index is 0.000000137. The number of aromatic nitrogens is 21. The molecule has 0 unspecified atom stereocenters. The lowest BCUT2D eigenvalue weighted by molar-refractivity contribution is 0.583. The Morgan fingerprint density at radius 2 is 0.613 bits per heavy atom. The van der Waals surface area contributed by atoms with Gasteiger partial charge in [-0.1, -0.05) is 55.5 Å². The molecule has 16 aromatic rings.